The predicted molar refractivity (Wildman–Crippen MR) is 95.0 cm³/mol. The van der Waals surface area contributed by atoms with Crippen molar-refractivity contribution in [1.82, 2.24) is 20.2 Å². The molecule has 7 heteroatoms. The van der Waals surface area contributed by atoms with Crippen molar-refractivity contribution in [3.05, 3.63) is 36.2 Å². The summed E-state index contributed by atoms with van der Waals surface area (Å²) in [7, 11) is 0. The molecule has 2 amide bonds. The van der Waals surface area contributed by atoms with E-state index in [1.54, 1.807) is 17.0 Å². The zero-order chi connectivity index (χ0) is 18.2. The Hall–Kier alpha value is -2.54. The molecule has 0 saturated heterocycles. The van der Waals surface area contributed by atoms with E-state index < -0.39 is 18.6 Å². The van der Waals surface area contributed by atoms with Crippen LogP contribution in [0, 0.1) is 0 Å². The van der Waals surface area contributed by atoms with Gasteiger partial charge in [-0.3, -0.25) is 14.6 Å². The number of fused-ring (bicyclic) bond motifs is 1. The lowest BCUT2D eigenvalue weighted by Gasteiger charge is -2.26. The Morgan fingerprint density at radius 1 is 1.16 bits per heavy atom. The van der Waals surface area contributed by atoms with Crippen LogP contribution < -0.4 is 5.32 Å². The summed E-state index contributed by atoms with van der Waals surface area (Å²) in [5.41, 5.74) is 1.40. The van der Waals surface area contributed by atoms with Gasteiger partial charge in [0, 0.05) is 13.1 Å². The lowest BCUT2D eigenvalue weighted by Crippen LogP contribution is -2.51. The lowest BCUT2D eigenvalue weighted by atomic mass is 10.2. The van der Waals surface area contributed by atoms with E-state index in [0.29, 0.717) is 24.1 Å². The average Bonchev–Trinajstić information content (AvgIpc) is 2.64. The summed E-state index contributed by atoms with van der Waals surface area (Å²) in [5, 5.41) is 12.1. The third-order valence-electron chi connectivity index (χ3n) is 3.77. The first-order chi connectivity index (χ1) is 12.1. The van der Waals surface area contributed by atoms with Gasteiger partial charge in [0.15, 0.2) is 0 Å². The van der Waals surface area contributed by atoms with E-state index in [2.05, 4.69) is 15.3 Å². The SMILES string of the molecule is CCCN(CCC)C(=O)C(CO)NC(=O)c1cnc2ccccc2n1. The van der Waals surface area contributed by atoms with E-state index in [1.807, 2.05) is 26.0 Å². The first-order valence-electron chi connectivity index (χ1n) is 8.53. The van der Waals surface area contributed by atoms with Crippen LogP contribution in [0.25, 0.3) is 11.0 Å². The number of carbonyl (C=O) groups is 2. The number of aliphatic hydroxyl groups is 1. The van der Waals surface area contributed by atoms with Crippen molar-refractivity contribution in [1.29, 1.82) is 0 Å². The van der Waals surface area contributed by atoms with Crippen molar-refractivity contribution >= 4 is 22.8 Å². The topological polar surface area (TPSA) is 95.4 Å². The van der Waals surface area contributed by atoms with Crippen LogP contribution in [0.4, 0.5) is 0 Å². The van der Waals surface area contributed by atoms with E-state index >= 15 is 0 Å². The second kappa shape index (κ2) is 9.08. The average molecular weight is 344 g/mol. The Bertz CT molecular complexity index is 729. The van der Waals surface area contributed by atoms with Crippen molar-refractivity contribution < 1.29 is 14.7 Å². The summed E-state index contributed by atoms with van der Waals surface area (Å²) in [6.07, 6.45) is 2.99. The smallest absolute Gasteiger partial charge is 0.272 e. The molecule has 2 aromatic rings. The van der Waals surface area contributed by atoms with Crippen LogP contribution in [0.3, 0.4) is 0 Å². The number of nitrogens with zero attached hydrogens (tertiary/aromatic N) is 3. The van der Waals surface area contributed by atoms with Gasteiger partial charge in [-0.1, -0.05) is 26.0 Å². The monoisotopic (exact) mass is 344 g/mol. The number of aromatic nitrogens is 2. The third kappa shape index (κ3) is 4.73. The molecule has 2 rings (SSSR count). The molecule has 1 aromatic heterocycles. The zero-order valence-corrected chi connectivity index (χ0v) is 14.6. The second-order valence-electron chi connectivity index (χ2n) is 5.78. The maximum Gasteiger partial charge on any atom is 0.272 e. The molecule has 25 heavy (non-hydrogen) atoms. The van der Waals surface area contributed by atoms with Gasteiger partial charge in [-0.2, -0.15) is 0 Å². The van der Waals surface area contributed by atoms with Gasteiger partial charge < -0.3 is 15.3 Å². The van der Waals surface area contributed by atoms with Gasteiger partial charge in [0.05, 0.1) is 23.8 Å². The van der Waals surface area contributed by atoms with Gasteiger partial charge in [0.2, 0.25) is 5.91 Å². The highest BCUT2D eigenvalue weighted by Crippen LogP contribution is 2.09. The first kappa shape index (κ1) is 18.8. The largest absolute Gasteiger partial charge is 0.394 e. The Balaban J connectivity index is 2.13. The van der Waals surface area contributed by atoms with Crippen LogP contribution in [-0.2, 0) is 4.79 Å². The fourth-order valence-corrected chi connectivity index (χ4v) is 2.58. The van der Waals surface area contributed by atoms with E-state index in [9.17, 15) is 14.7 Å². The summed E-state index contributed by atoms with van der Waals surface area (Å²) in [6, 6.07) is 6.23. The minimum atomic E-state index is -0.987. The molecular formula is C18H24N4O3. The lowest BCUT2D eigenvalue weighted by molar-refractivity contribution is -0.134. The molecular weight excluding hydrogens is 320 g/mol. The molecule has 0 aliphatic heterocycles. The second-order valence-corrected chi connectivity index (χ2v) is 5.78. The molecule has 7 nitrogen and oxygen atoms in total. The Morgan fingerprint density at radius 3 is 2.40 bits per heavy atom. The van der Waals surface area contributed by atoms with Crippen LogP contribution in [0.15, 0.2) is 30.5 Å². The number of amides is 2. The van der Waals surface area contributed by atoms with Crippen LogP contribution >= 0.6 is 0 Å². The zero-order valence-electron chi connectivity index (χ0n) is 14.6. The summed E-state index contributed by atoms with van der Waals surface area (Å²) in [4.78, 5) is 35.1. The van der Waals surface area contributed by atoms with E-state index in [0.717, 1.165) is 12.8 Å². The molecule has 0 aliphatic rings. The molecule has 1 aromatic carbocycles. The molecule has 0 saturated carbocycles. The Morgan fingerprint density at radius 2 is 1.80 bits per heavy atom. The highest BCUT2D eigenvalue weighted by molar-refractivity contribution is 5.97. The Kier molecular flexibility index (Phi) is 6.82. The van der Waals surface area contributed by atoms with Crippen molar-refractivity contribution in [2.45, 2.75) is 32.7 Å². The maximum absolute atomic E-state index is 12.5. The molecule has 1 unspecified atom stereocenters. The quantitative estimate of drug-likeness (QED) is 0.754. The molecule has 1 heterocycles. The van der Waals surface area contributed by atoms with E-state index in [4.69, 9.17) is 0 Å². The summed E-state index contributed by atoms with van der Waals surface area (Å²) in [6.45, 7) is 4.68. The van der Waals surface area contributed by atoms with Crippen molar-refractivity contribution in [2.75, 3.05) is 19.7 Å². The van der Waals surface area contributed by atoms with Crippen LogP contribution in [0.5, 0.6) is 0 Å². The number of para-hydroxylation sites is 2. The van der Waals surface area contributed by atoms with Gasteiger partial charge >= 0.3 is 0 Å². The van der Waals surface area contributed by atoms with Crippen LogP contribution in [0.2, 0.25) is 0 Å². The van der Waals surface area contributed by atoms with Gasteiger partial charge in [0.1, 0.15) is 11.7 Å². The standard InChI is InChI=1S/C18H24N4O3/c1-3-9-22(10-4-2)18(25)16(12-23)21-17(24)15-11-19-13-7-5-6-8-14(13)20-15/h5-8,11,16,23H,3-4,9-10,12H2,1-2H3,(H,21,24). The summed E-state index contributed by atoms with van der Waals surface area (Å²) in [5.74, 6) is -0.813. The number of carbonyl (C=O) groups excluding carboxylic acids is 2. The highest BCUT2D eigenvalue weighted by atomic mass is 16.3. The molecule has 134 valence electrons. The summed E-state index contributed by atoms with van der Waals surface area (Å²) >= 11 is 0. The fourth-order valence-electron chi connectivity index (χ4n) is 2.58. The van der Waals surface area contributed by atoms with Crippen molar-refractivity contribution in [3.63, 3.8) is 0 Å². The van der Waals surface area contributed by atoms with Gasteiger partial charge in [-0.15, -0.1) is 0 Å². The van der Waals surface area contributed by atoms with Crippen LogP contribution in [-0.4, -0.2) is 57.5 Å². The third-order valence-corrected chi connectivity index (χ3v) is 3.77. The van der Waals surface area contributed by atoms with Crippen LogP contribution in [0.1, 0.15) is 37.2 Å². The molecule has 0 bridgehead atoms. The molecule has 0 fully saturated rings. The molecule has 0 radical (unpaired) electrons. The maximum atomic E-state index is 12.5. The summed E-state index contributed by atoms with van der Waals surface area (Å²) < 4.78 is 0. The number of rotatable bonds is 8. The van der Waals surface area contributed by atoms with E-state index in [1.165, 1.54) is 6.20 Å². The van der Waals surface area contributed by atoms with Gasteiger partial charge in [-0.05, 0) is 25.0 Å². The van der Waals surface area contributed by atoms with Crippen molar-refractivity contribution in [2.24, 2.45) is 0 Å². The predicted octanol–water partition coefficient (Wildman–Crippen LogP) is 1.37. The minimum Gasteiger partial charge on any atom is -0.394 e. The van der Waals surface area contributed by atoms with Crippen molar-refractivity contribution in [3.8, 4) is 0 Å². The van der Waals surface area contributed by atoms with Gasteiger partial charge in [0.25, 0.3) is 5.91 Å². The number of hydrogen-bond acceptors (Lipinski definition) is 5. The molecule has 2 N–H and O–H groups in total. The Labute approximate surface area is 147 Å². The molecule has 0 spiro atoms. The highest BCUT2D eigenvalue weighted by Gasteiger charge is 2.25. The number of hydrogen-bond donors (Lipinski definition) is 2. The molecule has 1 atom stereocenters. The number of nitrogens with one attached hydrogen (secondary N) is 1. The minimum absolute atomic E-state index is 0.113. The van der Waals surface area contributed by atoms with E-state index in [-0.39, 0.29) is 11.6 Å². The first-order valence-corrected chi connectivity index (χ1v) is 8.53. The number of benzene rings is 1. The number of aliphatic hydroxyl groups excluding tert-OH is 1. The fraction of sp³-hybridized carbons (Fsp3) is 0.444. The van der Waals surface area contributed by atoms with Gasteiger partial charge in [-0.25, -0.2) is 4.98 Å². The normalized spacial score (nSPS) is 12.0. The molecule has 0 aliphatic carbocycles.